The highest BCUT2D eigenvalue weighted by Crippen LogP contribution is 2.24. The Balaban J connectivity index is 2.19. The minimum atomic E-state index is -1.66. The summed E-state index contributed by atoms with van der Waals surface area (Å²) in [5, 5.41) is 76.5. The molecule has 9 atom stereocenters. The van der Waals surface area contributed by atoms with Crippen molar-refractivity contribution in [2.75, 3.05) is 13.2 Å². The minimum Gasteiger partial charge on any atom is -0.394 e. The topological polar surface area (TPSA) is 189 Å². The molecule has 0 saturated carbocycles. The summed E-state index contributed by atoms with van der Waals surface area (Å²) in [6.45, 7) is 3.53. The number of aliphatic hydroxyl groups excluding tert-OH is 7. The number of unbranched alkanes of at least 4 members (excludes halogenated alkanes) is 49. The van der Waals surface area contributed by atoms with E-state index in [2.05, 4.69) is 19.2 Å². The minimum absolute atomic E-state index is 0.267. The molecule has 11 heteroatoms. The molecule has 466 valence electrons. The van der Waals surface area contributed by atoms with Crippen molar-refractivity contribution in [3.63, 3.8) is 0 Å². The van der Waals surface area contributed by atoms with E-state index >= 15 is 0 Å². The summed E-state index contributed by atoms with van der Waals surface area (Å²) < 4.78 is 11.2. The number of hydrogen-bond acceptors (Lipinski definition) is 10. The zero-order chi connectivity index (χ0) is 56.8. The molecule has 8 N–H and O–H groups in total. The van der Waals surface area contributed by atoms with Crippen LogP contribution in [0.5, 0.6) is 0 Å². The number of hydrogen-bond donors (Lipinski definition) is 8. The SMILES string of the molecule is CCCCCCCCCCCCCCCCCCCCCCCCCCCCCCCC(O)C(O)C(COC1OC(CO)C(O)C(O)C1O)NC(=O)C(O)CCCCCCCCCCCCCCCCCCCCCCCC. The molecule has 1 heterocycles. The maximum atomic E-state index is 13.2. The predicted molar refractivity (Wildman–Crippen MR) is 326 cm³/mol. The molecule has 0 spiro atoms. The lowest BCUT2D eigenvalue weighted by Crippen LogP contribution is -2.60. The second-order valence-corrected chi connectivity index (χ2v) is 24.6. The fraction of sp³-hybridized carbons (Fsp3) is 0.985. The summed E-state index contributed by atoms with van der Waals surface area (Å²) in [6.07, 6.45) is 56.1. The number of rotatable bonds is 61. The van der Waals surface area contributed by atoms with Crippen molar-refractivity contribution in [1.29, 1.82) is 0 Å². The highest BCUT2D eigenvalue weighted by Gasteiger charge is 2.44. The number of aliphatic hydroxyl groups is 7. The third kappa shape index (κ3) is 43.7. The monoisotopic (exact) mass is 1110 g/mol. The van der Waals surface area contributed by atoms with Crippen LogP contribution in [0.1, 0.15) is 354 Å². The standard InChI is InChI=1S/C67H133NO10/c1-3-5-7-9-11-13-15-17-19-21-23-25-27-28-29-30-31-32-33-35-36-38-40-42-44-46-48-50-52-54-59(70)62(72)58(57-77-67-65(75)64(74)63(73)61(56-69)78-67)68-66(76)60(71)55-53-51-49-47-45-43-41-39-37-34-26-24-22-20-18-16-14-12-10-8-6-4-2/h58-65,67,69-75H,3-57H2,1-2H3,(H,68,76). The summed E-state index contributed by atoms with van der Waals surface area (Å²) >= 11 is 0. The van der Waals surface area contributed by atoms with Crippen molar-refractivity contribution in [1.82, 2.24) is 5.32 Å². The van der Waals surface area contributed by atoms with Crippen LogP contribution in [-0.4, -0.2) is 110 Å². The van der Waals surface area contributed by atoms with Gasteiger partial charge in [0.05, 0.1) is 25.4 Å². The zero-order valence-corrected chi connectivity index (χ0v) is 51.4. The van der Waals surface area contributed by atoms with E-state index in [1.54, 1.807) is 0 Å². The Kier molecular flexibility index (Phi) is 54.5. The van der Waals surface area contributed by atoms with Crippen LogP contribution >= 0.6 is 0 Å². The lowest BCUT2D eigenvalue weighted by molar-refractivity contribution is -0.303. The lowest BCUT2D eigenvalue weighted by Gasteiger charge is -2.40. The fourth-order valence-electron chi connectivity index (χ4n) is 11.6. The summed E-state index contributed by atoms with van der Waals surface area (Å²) in [6, 6.07) is -1.16. The van der Waals surface area contributed by atoms with Gasteiger partial charge in [0.1, 0.15) is 36.6 Å². The highest BCUT2D eigenvalue weighted by molar-refractivity contribution is 5.80. The molecule has 1 saturated heterocycles. The number of nitrogens with one attached hydrogen (secondary N) is 1. The molecule has 1 aliphatic heterocycles. The molecular formula is C67H133NO10. The zero-order valence-electron chi connectivity index (χ0n) is 51.4. The van der Waals surface area contributed by atoms with Crippen LogP contribution in [0.25, 0.3) is 0 Å². The maximum Gasteiger partial charge on any atom is 0.249 e. The molecule has 1 rings (SSSR count). The van der Waals surface area contributed by atoms with E-state index in [4.69, 9.17) is 9.47 Å². The first kappa shape index (κ1) is 75.1. The molecule has 0 bridgehead atoms. The number of ether oxygens (including phenoxy) is 2. The van der Waals surface area contributed by atoms with Gasteiger partial charge in [-0.05, 0) is 12.8 Å². The van der Waals surface area contributed by atoms with Gasteiger partial charge >= 0.3 is 0 Å². The molecule has 11 nitrogen and oxygen atoms in total. The van der Waals surface area contributed by atoms with Crippen molar-refractivity contribution >= 4 is 5.91 Å². The molecule has 1 fully saturated rings. The molecule has 1 amide bonds. The van der Waals surface area contributed by atoms with E-state index in [-0.39, 0.29) is 6.42 Å². The van der Waals surface area contributed by atoms with E-state index in [1.165, 1.54) is 276 Å². The van der Waals surface area contributed by atoms with Crippen LogP contribution in [-0.2, 0) is 14.3 Å². The quantitative estimate of drug-likeness (QED) is 0.0272. The Morgan fingerprint density at radius 2 is 0.667 bits per heavy atom. The third-order valence-corrected chi connectivity index (χ3v) is 17.2. The molecule has 0 aromatic carbocycles. The van der Waals surface area contributed by atoms with Crippen LogP contribution in [0.4, 0.5) is 0 Å². The van der Waals surface area contributed by atoms with E-state index < -0.39 is 74.2 Å². The van der Waals surface area contributed by atoms with Crippen molar-refractivity contribution in [2.45, 2.75) is 409 Å². The van der Waals surface area contributed by atoms with Crippen LogP contribution < -0.4 is 5.32 Å². The molecule has 78 heavy (non-hydrogen) atoms. The van der Waals surface area contributed by atoms with Gasteiger partial charge in [0.25, 0.3) is 0 Å². The highest BCUT2D eigenvalue weighted by atomic mass is 16.7. The average molecular weight is 1110 g/mol. The number of carbonyl (C=O) groups excluding carboxylic acids is 1. The van der Waals surface area contributed by atoms with Gasteiger partial charge in [0.15, 0.2) is 6.29 Å². The first-order chi connectivity index (χ1) is 38.2. The number of amides is 1. The Labute approximate surface area is 481 Å². The van der Waals surface area contributed by atoms with Gasteiger partial charge in [-0.15, -0.1) is 0 Å². The Hall–Kier alpha value is -0.890. The third-order valence-electron chi connectivity index (χ3n) is 17.2. The van der Waals surface area contributed by atoms with Crippen LogP contribution in [0.2, 0.25) is 0 Å². The van der Waals surface area contributed by atoms with Gasteiger partial charge < -0.3 is 50.5 Å². The normalized spacial score (nSPS) is 19.3. The first-order valence-electron chi connectivity index (χ1n) is 34.4. The largest absolute Gasteiger partial charge is 0.394 e. The molecular weight excluding hydrogens is 979 g/mol. The van der Waals surface area contributed by atoms with Crippen molar-refractivity contribution in [3.8, 4) is 0 Å². The van der Waals surface area contributed by atoms with E-state index in [9.17, 15) is 40.5 Å². The molecule has 9 unspecified atom stereocenters. The molecule has 0 radical (unpaired) electrons. The Morgan fingerprint density at radius 1 is 0.397 bits per heavy atom. The van der Waals surface area contributed by atoms with E-state index in [0.29, 0.717) is 19.3 Å². The number of carbonyl (C=O) groups is 1. The second-order valence-electron chi connectivity index (χ2n) is 24.6. The summed E-state index contributed by atoms with van der Waals surface area (Å²) in [7, 11) is 0. The predicted octanol–water partition coefficient (Wildman–Crippen LogP) is 16.1. The summed E-state index contributed by atoms with van der Waals surface area (Å²) in [5.74, 6) is -0.687. The van der Waals surface area contributed by atoms with Gasteiger partial charge in [0.2, 0.25) is 5.91 Å². The average Bonchev–Trinajstić information content (AvgIpc) is 3.46. The van der Waals surface area contributed by atoms with E-state index in [0.717, 1.165) is 38.5 Å². The lowest BCUT2D eigenvalue weighted by atomic mass is 9.98. The van der Waals surface area contributed by atoms with Gasteiger partial charge in [-0.2, -0.15) is 0 Å². The van der Waals surface area contributed by atoms with Crippen molar-refractivity contribution < 1.29 is 50.0 Å². The van der Waals surface area contributed by atoms with Gasteiger partial charge in [-0.3, -0.25) is 4.79 Å². The van der Waals surface area contributed by atoms with Gasteiger partial charge in [0, 0.05) is 0 Å². The Morgan fingerprint density at radius 3 is 0.949 bits per heavy atom. The molecule has 0 aromatic rings. The van der Waals surface area contributed by atoms with Crippen LogP contribution in [0.15, 0.2) is 0 Å². The first-order valence-corrected chi connectivity index (χ1v) is 34.4. The summed E-state index contributed by atoms with van der Waals surface area (Å²) in [4.78, 5) is 13.2. The smallest absolute Gasteiger partial charge is 0.249 e. The van der Waals surface area contributed by atoms with Crippen molar-refractivity contribution in [3.05, 3.63) is 0 Å². The maximum absolute atomic E-state index is 13.2. The second kappa shape index (κ2) is 56.6. The van der Waals surface area contributed by atoms with Crippen LogP contribution in [0, 0.1) is 0 Å². The molecule has 0 aliphatic carbocycles. The van der Waals surface area contributed by atoms with E-state index in [1.807, 2.05) is 0 Å². The molecule has 0 aromatic heterocycles. The van der Waals surface area contributed by atoms with Crippen LogP contribution in [0.3, 0.4) is 0 Å². The van der Waals surface area contributed by atoms with Crippen molar-refractivity contribution in [2.24, 2.45) is 0 Å². The van der Waals surface area contributed by atoms with Gasteiger partial charge in [-0.25, -0.2) is 0 Å². The Bertz CT molecular complexity index is 1230. The van der Waals surface area contributed by atoms with Gasteiger partial charge in [-0.1, -0.05) is 341 Å². The summed E-state index contributed by atoms with van der Waals surface area (Å²) in [5.41, 5.74) is 0. The fourth-order valence-corrected chi connectivity index (χ4v) is 11.6. The molecule has 1 aliphatic rings.